The first kappa shape index (κ1) is 10.4. The smallest absolute Gasteiger partial charge is 0.146 e. The first-order valence-electron chi connectivity index (χ1n) is 4.96. The van der Waals surface area contributed by atoms with E-state index in [1.807, 2.05) is 6.92 Å². The molecule has 1 aliphatic rings. The second-order valence-corrected chi connectivity index (χ2v) is 4.69. The van der Waals surface area contributed by atoms with Crippen LogP contribution < -0.4 is 0 Å². The van der Waals surface area contributed by atoms with Crippen LogP contribution in [0.25, 0.3) is 0 Å². The summed E-state index contributed by atoms with van der Waals surface area (Å²) in [5, 5.41) is 0. The van der Waals surface area contributed by atoms with E-state index in [9.17, 15) is 9.59 Å². The molecule has 0 spiro atoms. The molecular formula is C11H18O2. The molecule has 1 saturated carbocycles. The fourth-order valence-electron chi connectivity index (χ4n) is 1.72. The molecule has 0 aliphatic heterocycles. The van der Waals surface area contributed by atoms with Gasteiger partial charge in [-0.2, -0.15) is 0 Å². The molecule has 1 rings (SSSR count). The van der Waals surface area contributed by atoms with Gasteiger partial charge in [0.05, 0.1) is 5.92 Å². The Morgan fingerprint density at radius 2 is 1.92 bits per heavy atom. The summed E-state index contributed by atoms with van der Waals surface area (Å²) in [5.74, 6) is -0.0145. The number of Topliss-reactive ketones (excluding diaryl/α,β-unsaturated/α-hetero) is 2. The van der Waals surface area contributed by atoms with Gasteiger partial charge in [0.2, 0.25) is 0 Å². The minimum absolute atomic E-state index is 0.0766. The van der Waals surface area contributed by atoms with E-state index in [-0.39, 0.29) is 28.8 Å². The van der Waals surface area contributed by atoms with Gasteiger partial charge in [-0.1, -0.05) is 20.8 Å². The van der Waals surface area contributed by atoms with Crippen molar-refractivity contribution in [3.63, 3.8) is 0 Å². The summed E-state index contributed by atoms with van der Waals surface area (Å²) >= 11 is 0. The molecular weight excluding hydrogens is 164 g/mol. The monoisotopic (exact) mass is 182 g/mol. The summed E-state index contributed by atoms with van der Waals surface area (Å²) in [6, 6.07) is 0. The average molecular weight is 182 g/mol. The lowest BCUT2D eigenvalue weighted by Crippen LogP contribution is -2.23. The molecule has 0 aromatic heterocycles. The molecule has 0 aromatic rings. The van der Waals surface area contributed by atoms with Crippen molar-refractivity contribution < 1.29 is 9.59 Å². The van der Waals surface area contributed by atoms with Crippen molar-refractivity contribution in [2.24, 2.45) is 17.3 Å². The summed E-state index contributed by atoms with van der Waals surface area (Å²) in [5.41, 5.74) is 0.152. The molecule has 0 bridgehead atoms. The second kappa shape index (κ2) is 3.24. The van der Waals surface area contributed by atoms with Crippen molar-refractivity contribution in [2.75, 3.05) is 0 Å². The van der Waals surface area contributed by atoms with E-state index in [1.54, 1.807) is 6.92 Å². The summed E-state index contributed by atoms with van der Waals surface area (Å²) in [6.07, 6.45) is 1.42. The molecule has 2 unspecified atom stereocenters. The molecule has 74 valence electrons. The van der Waals surface area contributed by atoms with Gasteiger partial charge in [0.1, 0.15) is 11.6 Å². The summed E-state index contributed by atoms with van der Waals surface area (Å²) in [6.45, 7) is 7.71. The SMILES string of the molecule is CCC(=O)C(C)C(=O)C1CC1(C)C. The van der Waals surface area contributed by atoms with E-state index < -0.39 is 0 Å². The van der Waals surface area contributed by atoms with Crippen molar-refractivity contribution in [1.29, 1.82) is 0 Å². The molecule has 0 amide bonds. The highest BCUT2D eigenvalue weighted by Crippen LogP contribution is 2.53. The van der Waals surface area contributed by atoms with Crippen LogP contribution in [-0.2, 0) is 9.59 Å². The maximum absolute atomic E-state index is 11.7. The van der Waals surface area contributed by atoms with Crippen LogP contribution in [0.2, 0.25) is 0 Å². The van der Waals surface area contributed by atoms with E-state index in [1.165, 1.54) is 0 Å². The molecule has 0 saturated heterocycles. The van der Waals surface area contributed by atoms with Gasteiger partial charge in [-0.3, -0.25) is 9.59 Å². The molecule has 0 radical (unpaired) electrons. The maximum atomic E-state index is 11.7. The Bertz CT molecular complexity index is 240. The molecule has 0 aromatic carbocycles. The predicted octanol–water partition coefficient (Wildman–Crippen LogP) is 2.22. The Labute approximate surface area is 79.7 Å². The highest BCUT2D eigenvalue weighted by molar-refractivity contribution is 6.04. The van der Waals surface area contributed by atoms with Gasteiger partial charge < -0.3 is 0 Å². The van der Waals surface area contributed by atoms with Crippen LogP contribution in [0.1, 0.15) is 40.5 Å². The van der Waals surface area contributed by atoms with Crippen LogP contribution in [-0.4, -0.2) is 11.6 Å². The van der Waals surface area contributed by atoms with Crippen molar-refractivity contribution in [3.8, 4) is 0 Å². The number of hydrogen-bond acceptors (Lipinski definition) is 2. The van der Waals surface area contributed by atoms with Crippen LogP contribution in [0, 0.1) is 17.3 Å². The van der Waals surface area contributed by atoms with Crippen LogP contribution in [0.4, 0.5) is 0 Å². The predicted molar refractivity (Wildman–Crippen MR) is 51.4 cm³/mol. The minimum Gasteiger partial charge on any atom is -0.299 e. The largest absolute Gasteiger partial charge is 0.299 e. The molecule has 1 aliphatic carbocycles. The molecule has 2 atom stereocenters. The lowest BCUT2D eigenvalue weighted by atomic mass is 9.93. The minimum atomic E-state index is -0.378. The molecule has 0 heterocycles. The van der Waals surface area contributed by atoms with Gasteiger partial charge in [0.15, 0.2) is 0 Å². The van der Waals surface area contributed by atoms with Gasteiger partial charge in [0, 0.05) is 12.3 Å². The third-order valence-electron chi connectivity index (χ3n) is 3.12. The molecule has 13 heavy (non-hydrogen) atoms. The number of carbonyl (C=O) groups is 2. The van der Waals surface area contributed by atoms with Crippen LogP contribution in [0.5, 0.6) is 0 Å². The first-order chi connectivity index (χ1) is 5.90. The van der Waals surface area contributed by atoms with Crippen LogP contribution >= 0.6 is 0 Å². The third-order valence-corrected chi connectivity index (χ3v) is 3.12. The van der Waals surface area contributed by atoms with E-state index in [2.05, 4.69) is 13.8 Å². The normalized spacial score (nSPS) is 26.6. The number of carbonyl (C=O) groups excluding carboxylic acids is 2. The van der Waals surface area contributed by atoms with Crippen molar-refractivity contribution in [2.45, 2.75) is 40.5 Å². The Morgan fingerprint density at radius 1 is 1.46 bits per heavy atom. The van der Waals surface area contributed by atoms with Gasteiger partial charge in [-0.15, -0.1) is 0 Å². The van der Waals surface area contributed by atoms with Gasteiger partial charge in [0.25, 0.3) is 0 Å². The Morgan fingerprint density at radius 3 is 2.23 bits per heavy atom. The number of ketones is 2. The summed E-state index contributed by atoms with van der Waals surface area (Å²) < 4.78 is 0. The first-order valence-corrected chi connectivity index (χ1v) is 4.96. The molecule has 0 N–H and O–H groups in total. The van der Waals surface area contributed by atoms with Gasteiger partial charge in [-0.25, -0.2) is 0 Å². The van der Waals surface area contributed by atoms with Crippen LogP contribution in [0.15, 0.2) is 0 Å². The van der Waals surface area contributed by atoms with E-state index >= 15 is 0 Å². The van der Waals surface area contributed by atoms with E-state index in [4.69, 9.17) is 0 Å². The highest BCUT2D eigenvalue weighted by Gasteiger charge is 2.51. The fourth-order valence-corrected chi connectivity index (χ4v) is 1.72. The molecule has 2 nitrogen and oxygen atoms in total. The highest BCUT2D eigenvalue weighted by atomic mass is 16.2. The topological polar surface area (TPSA) is 34.1 Å². The van der Waals surface area contributed by atoms with Crippen molar-refractivity contribution >= 4 is 11.6 Å². The summed E-state index contributed by atoms with van der Waals surface area (Å²) in [7, 11) is 0. The lowest BCUT2D eigenvalue weighted by molar-refractivity contribution is -0.133. The Balaban J connectivity index is 2.55. The third kappa shape index (κ3) is 1.98. The maximum Gasteiger partial charge on any atom is 0.146 e. The average Bonchev–Trinajstić information content (AvgIpc) is 2.71. The fraction of sp³-hybridized carbons (Fsp3) is 0.818. The summed E-state index contributed by atoms with van der Waals surface area (Å²) in [4.78, 5) is 23.0. The van der Waals surface area contributed by atoms with Crippen molar-refractivity contribution in [1.82, 2.24) is 0 Å². The number of hydrogen-bond donors (Lipinski definition) is 0. The van der Waals surface area contributed by atoms with E-state index in [0.29, 0.717) is 6.42 Å². The zero-order valence-corrected chi connectivity index (χ0v) is 8.89. The zero-order chi connectivity index (χ0) is 10.2. The lowest BCUT2D eigenvalue weighted by Gasteiger charge is -2.08. The molecule has 2 heteroatoms. The standard InChI is InChI=1S/C11H18O2/c1-5-9(12)7(2)10(13)8-6-11(8,3)4/h7-8H,5-6H2,1-4H3. The molecule has 1 fully saturated rings. The number of rotatable bonds is 4. The van der Waals surface area contributed by atoms with Crippen molar-refractivity contribution in [3.05, 3.63) is 0 Å². The Hall–Kier alpha value is -0.660. The zero-order valence-electron chi connectivity index (χ0n) is 8.89. The van der Waals surface area contributed by atoms with E-state index in [0.717, 1.165) is 6.42 Å². The Kier molecular flexibility index (Phi) is 2.60. The second-order valence-electron chi connectivity index (χ2n) is 4.69. The quantitative estimate of drug-likeness (QED) is 0.625. The van der Waals surface area contributed by atoms with Crippen LogP contribution in [0.3, 0.4) is 0 Å². The van der Waals surface area contributed by atoms with Gasteiger partial charge >= 0.3 is 0 Å². The van der Waals surface area contributed by atoms with Gasteiger partial charge in [-0.05, 0) is 18.8 Å².